The van der Waals surface area contributed by atoms with Crippen molar-refractivity contribution in [2.75, 3.05) is 6.54 Å². The zero-order valence-corrected chi connectivity index (χ0v) is 16.0. The third kappa shape index (κ3) is 4.02. The van der Waals surface area contributed by atoms with E-state index in [2.05, 4.69) is 5.10 Å². The van der Waals surface area contributed by atoms with Gasteiger partial charge < -0.3 is 10.3 Å². The minimum absolute atomic E-state index is 0.0753. The van der Waals surface area contributed by atoms with E-state index in [-0.39, 0.29) is 30.8 Å². The fourth-order valence-corrected chi connectivity index (χ4v) is 3.63. The summed E-state index contributed by atoms with van der Waals surface area (Å²) < 4.78 is 29.4. The number of hydrogen-bond donors (Lipinski definition) is 1. The first-order valence-electron chi connectivity index (χ1n) is 8.57. The van der Waals surface area contributed by atoms with Gasteiger partial charge in [0, 0.05) is 35.3 Å². The van der Waals surface area contributed by atoms with Crippen molar-refractivity contribution in [3.8, 4) is 11.1 Å². The molecule has 3 aromatic heterocycles. The van der Waals surface area contributed by atoms with E-state index in [4.69, 9.17) is 5.73 Å². The van der Waals surface area contributed by atoms with Gasteiger partial charge in [0.15, 0.2) is 0 Å². The number of thiophene rings is 1. The second-order valence-electron chi connectivity index (χ2n) is 6.08. The van der Waals surface area contributed by atoms with Gasteiger partial charge in [-0.3, -0.25) is 9.36 Å². The van der Waals surface area contributed by atoms with Crippen molar-refractivity contribution in [2.45, 2.75) is 26.6 Å². The van der Waals surface area contributed by atoms with Crippen molar-refractivity contribution in [2.24, 2.45) is 5.73 Å². The van der Waals surface area contributed by atoms with Crippen LogP contribution in [0.5, 0.6) is 0 Å². The van der Waals surface area contributed by atoms with Crippen molar-refractivity contribution in [1.82, 2.24) is 18.9 Å². The maximum Gasteiger partial charge on any atom is 0.346 e. The van der Waals surface area contributed by atoms with Gasteiger partial charge in [0.25, 0.3) is 11.6 Å². The Morgan fingerprint density at radius 1 is 1.29 bits per heavy atom. The van der Waals surface area contributed by atoms with Gasteiger partial charge in [-0.05, 0) is 36.1 Å². The van der Waals surface area contributed by atoms with Crippen LogP contribution < -0.4 is 17.0 Å². The zero-order valence-electron chi connectivity index (χ0n) is 15.1. The SMILES string of the molecule is CCn1cccc(-c2csc(Cn3cnn(CC(CN)=C(F)F)c3=O)c2)c1=O. The molecule has 0 amide bonds. The van der Waals surface area contributed by atoms with Crippen LogP contribution in [0.2, 0.25) is 0 Å². The summed E-state index contributed by atoms with van der Waals surface area (Å²) in [6.07, 6.45) is 1.14. The van der Waals surface area contributed by atoms with Crippen molar-refractivity contribution in [1.29, 1.82) is 0 Å². The highest BCUT2D eigenvalue weighted by Gasteiger charge is 2.13. The molecule has 7 nitrogen and oxygen atoms in total. The number of nitrogens with zero attached hydrogens (tertiary/aromatic N) is 4. The minimum atomic E-state index is -1.90. The molecule has 0 aromatic carbocycles. The second-order valence-corrected chi connectivity index (χ2v) is 7.08. The lowest BCUT2D eigenvalue weighted by molar-refractivity contribution is 0.400. The van der Waals surface area contributed by atoms with Gasteiger partial charge in [-0.15, -0.1) is 11.3 Å². The van der Waals surface area contributed by atoms with E-state index in [0.29, 0.717) is 12.1 Å². The smallest absolute Gasteiger partial charge is 0.327 e. The number of halogens is 2. The first-order valence-corrected chi connectivity index (χ1v) is 9.45. The predicted molar refractivity (Wildman–Crippen MR) is 104 cm³/mol. The van der Waals surface area contributed by atoms with Crippen LogP contribution in [-0.4, -0.2) is 25.5 Å². The van der Waals surface area contributed by atoms with E-state index in [1.54, 1.807) is 16.8 Å². The normalized spacial score (nSPS) is 11.0. The summed E-state index contributed by atoms with van der Waals surface area (Å²) in [5, 5.41) is 5.74. The number of nitrogens with two attached hydrogens (primary N) is 1. The fourth-order valence-electron chi connectivity index (χ4n) is 2.75. The van der Waals surface area contributed by atoms with Crippen LogP contribution in [0.15, 0.2) is 57.3 Å². The molecule has 0 fully saturated rings. The Morgan fingerprint density at radius 2 is 2.07 bits per heavy atom. The Hall–Kier alpha value is -2.85. The molecule has 3 aromatic rings. The molecule has 3 rings (SSSR count). The van der Waals surface area contributed by atoms with Gasteiger partial charge in [0.2, 0.25) is 0 Å². The molecule has 0 radical (unpaired) electrons. The van der Waals surface area contributed by atoms with E-state index >= 15 is 0 Å². The van der Waals surface area contributed by atoms with E-state index < -0.39 is 11.8 Å². The van der Waals surface area contributed by atoms with E-state index in [0.717, 1.165) is 15.1 Å². The summed E-state index contributed by atoms with van der Waals surface area (Å²) in [6.45, 7) is 2.02. The van der Waals surface area contributed by atoms with Gasteiger partial charge in [0.05, 0.1) is 13.1 Å². The maximum absolute atomic E-state index is 12.7. The number of aromatic nitrogens is 4. The van der Waals surface area contributed by atoms with E-state index in [1.807, 2.05) is 24.4 Å². The maximum atomic E-state index is 12.7. The molecular formula is C18H19F2N5O2S. The summed E-state index contributed by atoms with van der Waals surface area (Å²) in [7, 11) is 0. The molecule has 0 aliphatic heterocycles. The summed E-state index contributed by atoms with van der Waals surface area (Å²) in [6, 6.07) is 5.42. The van der Waals surface area contributed by atoms with Crippen LogP contribution in [0.25, 0.3) is 11.1 Å². The molecule has 0 saturated heterocycles. The van der Waals surface area contributed by atoms with E-state index in [1.165, 1.54) is 22.2 Å². The van der Waals surface area contributed by atoms with Crippen LogP contribution in [-0.2, 0) is 19.6 Å². The summed E-state index contributed by atoms with van der Waals surface area (Å²) in [5.41, 5.74) is 5.74. The van der Waals surface area contributed by atoms with Crippen LogP contribution in [0.1, 0.15) is 11.8 Å². The topological polar surface area (TPSA) is 87.8 Å². The summed E-state index contributed by atoms with van der Waals surface area (Å²) in [4.78, 5) is 25.6. The molecule has 0 saturated carbocycles. The monoisotopic (exact) mass is 407 g/mol. The molecule has 2 N–H and O–H groups in total. The highest BCUT2D eigenvalue weighted by Crippen LogP contribution is 2.23. The molecule has 10 heteroatoms. The largest absolute Gasteiger partial charge is 0.346 e. The van der Waals surface area contributed by atoms with Crippen molar-refractivity contribution >= 4 is 11.3 Å². The Balaban J connectivity index is 1.83. The first-order chi connectivity index (χ1) is 13.4. The number of hydrogen-bond acceptors (Lipinski definition) is 5. The third-order valence-corrected chi connectivity index (χ3v) is 5.22. The number of aryl methyl sites for hydroxylation is 1. The average molecular weight is 407 g/mol. The molecule has 0 atom stereocenters. The van der Waals surface area contributed by atoms with Gasteiger partial charge in [-0.2, -0.15) is 13.9 Å². The van der Waals surface area contributed by atoms with Gasteiger partial charge in [-0.1, -0.05) is 0 Å². The standard InChI is InChI=1S/C18H19F2N5O2S/c1-2-23-5-3-4-15(17(23)26)12-6-14(28-10-12)9-24-11-22-25(18(24)27)8-13(7-21)16(19)20/h3-6,10-11H,2,7-9,21H2,1H3. The van der Waals surface area contributed by atoms with Gasteiger partial charge >= 0.3 is 5.69 Å². The van der Waals surface area contributed by atoms with Crippen molar-refractivity contribution in [3.05, 3.63) is 73.5 Å². The second kappa shape index (κ2) is 8.44. The van der Waals surface area contributed by atoms with Crippen LogP contribution >= 0.6 is 11.3 Å². The fraction of sp³-hybridized carbons (Fsp3) is 0.278. The summed E-state index contributed by atoms with van der Waals surface area (Å²) >= 11 is 1.41. The molecule has 148 valence electrons. The molecule has 0 spiro atoms. The molecular weight excluding hydrogens is 388 g/mol. The first kappa shape index (κ1) is 19.9. The van der Waals surface area contributed by atoms with Crippen molar-refractivity contribution < 1.29 is 8.78 Å². The third-order valence-electron chi connectivity index (χ3n) is 4.30. The van der Waals surface area contributed by atoms with E-state index in [9.17, 15) is 18.4 Å². The average Bonchev–Trinajstić information content (AvgIpc) is 3.27. The lowest BCUT2D eigenvalue weighted by Crippen LogP contribution is -2.27. The van der Waals surface area contributed by atoms with Crippen LogP contribution in [0.3, 0.4) is 0 Å². The number of rotatable bonds is 7. The highest BCUT2D eigenvalue weighted by molar-refractivity contribution is 7.10. The van der Waals surface area contributed by atoms with Crippen LogP contribution in [0, 0.1) is 0 Å². The molecule has 0 bridgehead atoms. The van der Waals surface area contributed by atoms with Gasteiger partial charge in [-0.25, -0.2) is 9.48 Å². The lowest BCUT2D eigenvalue weighted by Gasteiger charge is -2.03. The Morgan fingerprint density at radius 3 is 2.75 bits per heavy atom. The quantitative estimate of drug-likeness (QED) is 0.650. The zero-order chi connectivity index (χ0) is 20.3. The Labute approximate surface area is 163 Å². The van der Waals surface area contributed by atoms with Gasteiger partial charge in [0.1, 0.15) is 6.33 Å². The molecule has 3 heterocycles. The van der Waals surface area contributed by atoms with Crippen molar-refractivity contribution in [3.63, 3.8) is 0 Å². The number of pyridine rings is 1. The molecule has 0 aliphatic carbocycles. The highest BCUT2D eigenvalue weighted by atomic mass is 32.1. The molecule has 28 heavy (non-hydrogen) atoms. The molecule has 0 unspecified atom stereocenters. The van der Waals surface area contributed by atoms with Crippen LogP contribution in [0.4, 0.5) is 8.78 Å². The lowest BCUT2D eigenvalue weighted by atomic mass is 10.1. The summed E-state index contributed by atoms with van der Waals surface area (Å²) in [5.74, 6) is 0. The Bertz CT molecular complexity index is 1120. The predicted octanol–water partition coefficient (Wildman–Crippen LogP) is 2.11. The Kier molecular flexibility index (Phi) is 6.00. The minimum Gasteiger partial charge on any atom is -0.327 e. The molecule has 0 aliphatic rings.